The van der Waals surface area contributed by atoms with Crippen molar-refractivity contribution in [3.05, 3.63) is 29.8 Å². The lowest BCUT2D eigenvalue weighted by Gasteiger charge is -2.26. The van der Waals surface area contributed by atoms with Crippen molar-refractivity contribution in [3.63, 3.8) is 0 Å². The molecule has 1 fully saturated rings. The van der Waals surface area contributed by atoms with Gasteiger partial charge in [0.25, 0.3) is 0 Å². The van der Waals surface area contributed by atoms with Gasteiger partial charge in [-0.15, -0.1) is 0 Å². The van der Waals surface area contributed by atoms with Crippen molar-refractivity contribution in [2.45, 2.75) is 39.5 Å². The molecule has 1 N–H and O–H groups in total. The summed E-state index contributed by atoms with van der Waals surface area (Å²) < 4.78 is 5.02. The summed E-state index contributed by atoms with van der Waals surface area (Å²) in [5, 5.41) is 3.46. The Morgan fingerprint density at radius 1 is 1.30 bits per heavy atom. The first-order valence-electron chi connectivity index (χ1n) is 7.70. The molecule has 1 aliphatic carbocycles. The molecular weight excluding hydrogens is 250 g/mol. The number of carbonyl (C=O) groups excluding carboxylic acids is 1. The molecule has 0 amide bonds. The maximum Gasteiger partial charge on any atom is 0.338 e. The van der Waals surface area contributed by atoms with Gasteiger partial charge in [0, 0.05) is 12.2 Å². The summed E-state index contributed by atoms with van der Waals surface area (Å²) in [5.41, 5.74) is 1.63. The highest BCUT2D eigenvalue weighted by molar-refractivity contribution is 5.90. The number of hydrogen-bond acceptors (Lipinski definition) is 3. The average Bonchev–Trinajstić information content (AvgIpc) is 2.47. The Balaban J connectivity index is 1.86. The molecule has 1 aliphatic rings. The van der Waals surface area contributed by atoms with Crippen molar-refractivity contribution in [2.75, 3.05) is 18.5 Å². The summed E-state index contributed by atoms with van der Waals surface area (Å²) in [5.74, 6) is 1.40. The van der Waals surface area contributed by atoms with Gasteiger partial charge in [-0.1, -0.05) is 25.8 Å². The van der Waals surface area contributed by atoms with Gasteiger partial charge in [-0.05, 0) is 49.8 Å². The van der Waals surface area contributed by atoms with Crippen LogP contribution in [0.25, 0.3) is 0 Å². The number of benzene rings is 1. The van der Waals surface area contributed by atoms with Crippen molar-refractivity contribution < 1.29 is 9.53 Å². The van der Waals surface area contributed by atoms with Crippen LogP contribution in [0.15, 0.2) is 24.3 Å². The Morgan fingerprint density at radius 3 is 2.75 bits per heavy atom. The number of nitrogens with one attached hydrogen (secondary N) is 1. The monoisotopic (exact) mass is 275 g/mol. The van der Waals surface area contributed by atoms with Crippen LogP contribution in [0.1, 0.15) is 49.9 Å². The van der Waals surface area contributed by atoms with E-state index in [1.807, 2.05) is 25.1 Å². The third-order valence-electron chi connectivity index (χ3n) is 4.10. The van der Waals surface area contributed by atoms with Crippen LogP contribution in [0.4, 0.5) is 5.69 Å². The molecule has 2 rings (SSSR count). The number of esters is 1. The quantitative estimate of drug-likeness (QED) is 0.822. The minimum Gasteiger partial charge on any atom is -0.462 e. The van der Waals surface area contributed by atoms with Crippen molar-refractivity contribution in [1.29, 1.82) is 0 Å². The molecule has 0 saturated heterocycles. The number of ether oxygens (including phenoxy) is 1. The Bertz CT molecular complexity index is 436. The van der Waals surface area contributed by atoms with E-state index < -0.39 is 0 Å². The molecule has 1 aromatic rings. The van der Waals surface area contributed by atoms with Gasteiger partial charge < -0.3 is 10.1 Å². The molecule has 3 nitrogen and oxygen atoms in total. The first kappa shape index (κ1) is 14.9. The van der Waals surface area contributed by atoms with Crippen LogP contribution < -0.4 is 5.32 Å². The highest BCUT2D eigenvalue weighted by Gasteiger charge is 2.17. The number of carbonyl (C=O) groups is 1. The summed E-state index contributed by atoms with van der Waals surface area (Å²) in [6.45, 7) is 5.58. The van der Waals surface area contributed by atoms with Gasteiger partial charge in [-0.2, -0.15) is 0 Å². The summed E-state index contributed by atoms with van der Waals surface area (Å²) in [6.07, 6.45) is 5.31. The smallest absolute Gasteiger partial charge is 0.338 e. The molecule has 0 atom stereocenters. The lowest BCUT2D eigenvalue weighted by Crippen LogP contribution is -2.20. The molecule has 0 heterocycles. The van der Waals surface area contributed by atoms with E-state index in [2.05, 4.69) is 12.2 Å². The van der Waals surface area contributed by atoms with Gasteiger partial charge >= 0.3 is 5.97 Å². The maximum atomic E-state index is 11.7. The summed E-state index contributed by atoms with van der Waals surface area (Å²) >= 11 is 0. The standard InChI is InChI=1S/C17H25NO2/c1-3-20-17(19)15-5-4-6-16(11-15)18-12-14-9-7-13(2)8-10-14/h4-6,11,13-14,18H,3,7-10,12H2,1-2H3. The van der Waals surface area contributed by atoms with Crippen LogP contribution in [0, 0.1) is 11.8 Å². The number of rotatable bonds is 5. The van der Waals surface area contributed by atoms with Gasteiger partial charge in [-0.25, -0.2) is 4.79 Å². The maximum absolute atomic E-state index is 11.7. The summed E-state index contributed by atoms with van der Waals surface area (Å²) in [6, 6.07) is 7.58. The topological polar surface area (TPSA) is 38.3 Å². The highest BCUT2D eigenvalue weighted by atomic mass is 16.5. The van der Waals surface area contributed by atoms with E-state index in [9.17, 15) is 4.79 Å². The lowest BCUT2D eigenvalue weighted by molar-refractivity contribution is 0.0526. The zero-order valence-corrected chi connectivity index (χ0v) is 12.5. The van der Waals surface area contributed by atoms with E-state index in [1.54, 1.807) is 6.07 Å². The summed E-state index contributed by atoms with van der Waals surface area (Å²) in [7, 11) is 0. The van der Waals surface area contributed by atoms with E-state index in [-0.39, 0.29) is 5.97 Å². The van der Waals surface area contributed by atoms with Crippen LogP contribution in [0.2, 0.25) is 0 Å². The van der Waals surface area contributed by atoms with Crippen molar-refractivity contribution >= 4 is 11.7 Å². The molecule has 0 radical (unpaired) electrons. The fraction of sp³-hybridized carbons (Fsp3) is 0.588. The van der Waals surface area contributed by atoms with Crippen molar-refractivity contribution in [2.24, 2.45) is 11.8 Å². The number of anilines is 1. The molecule has 1 saturated carbocycles. The average molecular weight is 275 g/mol. The van der Waals surface area contributed by atoms with Gasteiger partial charge in [0.15, 0.2) is 0 Å². The van der Waals surface area contributed by atoms with E-state index in [1.165, 1.54) is 25.7 Å². The van der Waals surface area contributed by atoms with E-state index in [4.69, 9.17) is 4.74 Å². The second-order valence-electron chi connectivity index (χ2n) is 5.81. The van der Waals surface area contributed by atoms with Gasteiger partial charge in [0.2, 0.25) is 0 Å². The van der Waals surface area contributed by atoms with Crippen molar-refractivity contribution in [3.8, 4) is 0 Å². The largest absolute Gasteiger partial charge is 0.462 e. The molecule has 0 spiro atoms. The molecule has 0 bridgehead atoms. The van der Waals surface area contributed by atoms with Gasteiger partial charge in [0.05, 0.1) is 12.2 Å². The van der Waals surface area contributed by atoms with Gasteiger partial charge in [-0.3, -0.25) is 0 Å². The van der Waals surface area contributed by atoms with Crippen LogP contribution in [0.5, 0.6) is 0 Å². The molecule has 20 heavy (non-hydrogen) atoms. The molecule has 3 heteroatoms. The van der Waals surface area contributed by atoms with Crippen LogP contribution in [-0.4, -0.2) is 19.1 Å². The van der Waals surface area contributed by atoms with Crippen LogP contribution in [0.3, 0.4) is 0 Å². The minimum atomic E-state index is -0.248. The third-order valence-corrected chi connectivity index (χ3v) is 4.10. The van der Waals surface area contributed by atoms with E-state index >= 15 is 0 Å². The zero-order chi connectivity index (χ0) is 14.4. The van der Waals surface area contributed by atoms with Crippen LogP contribution >= 0.6 is 0 Å². The zero-order valence-electron chi connectivity index (χ0n) is 12.5. The predicted octanol–water partition coefficient (Wildman–Crippen LogP) is 4.10. The number of hydrogen-bond donors (Lipinski definition) is 1. The fourth-order valence-corrected chi connectivity index (χ4v) is 2.77. The Labute approximate surface area is 121 Å². The van der Waals surface area contributed by atoms with Crippen molar-refractivity contribution in [1.82, 2.24) is 0 Å². The SMILES string of the molecule is CCOC(=O)c1cccc(NCC2CCC(C)CC2)c1. The summed E-state index contributed by atoms with van der Waals surface area (Å²) in [4.78, 5) is 11.7. The van der Waals surface area contributed by atoms with Gasteiger partial charge in [0.1, 0.15) is 0 Å². The second-order valence-corrected chi connectivity index (χ2v) is 5.81. The van der Waals surface area contributed by atoms with E-state index in [0.29, 0.717) is 12.2 Å². The molecule has 0 aromatic heterocycles. The normalized spacial score (nSPS) is 22.3. The minimum absolute atomic E-state index is 0.248. The molecule has 0 aliphatic heterocycles. The molecular formula is C17H25NO2. The Hall–Kier alpha value is -1.51. The predicted molar refractivity (Wildman–Crippen MR) is 82.0 cm³/mol. The second kappa shape index (κ2) is 7.32. The first-order chi connectivity index (χ1) is 9.69. The van der Waals surface area contributed by atoms with E-state index in [0.717, 1.165) is 24.1 Å². The Morgan fingerprint density at radius 2 is 2.05 bits per heavy atom. The highest BCUT2D eigenvalue weighted by Crippen LogP contribution is 2.28. The molecule has 110 valence electrons. The molecule has 1 aromatic carbocycles. The lowest BCUT2D eigenvalue weighted by atomic mass is 9.83. The molecule has 0 unspecified atom stereocenters. The third kappa shape index (κ3) is 4.26. The Kier molecular flexibility index (Phi) is 5.45. The fourth-order valence-electron chi connectivity index (χ4n) is 2.77. The first-order valence-corrected chi connectivity index (χ1v) is 7.70. The van der Waals surface area contributed by atoms with Crippen LogP contribution in [-0.2, 0) is 4.74 Å².